The molecule has 0 saturated heterocycles. The minimum absolute atomic E-state index is 0. The predicted octanol–water partition coefficient (Wildman–Crippen LogP) is -0.193. The minimum Gasteiger partial charge on any atom is -0.741 e. The number of rotatable bonds is 0. The molecule has 0 bridgehead atoms. The fourth-order valence-corrected chi connectivity index (χ4v) is 0. The van der Waals surface area contributed by atoms with Crippen LogP contribution in [0.2, 0.25) is 0 Å². The summed E-state index contributed by atoms with van der Waals surface area (Å²) in [7, 11) is -6.09. The molecule has 14 heavy (non-hydrogen) atoms. The second-order valence-electron chi connectivity index (χ2n) is 1.12. The Morgan fingerprint density at radius 1 is 1.07 bits per heavy atom. The number of alkyl halides is 3. The van der Waals surface area contributed by atoms with E-state index in [2.05, 4.69) is 0 Å². The van der Waals surface area contributed by atoms with Gasteiger partial charge in [-0.25, -0.2) is 8.42 Å². The summed E-state index contributed by atoms with van der Waals surface area (Å²) < 4.78 is 58.9. The molecule has 0 aromatic heterocycles. The average molecular weight is 427 g/mol. The van der Waals surface area contributed by atoms with E-state index in [9.17, 15) is 13.2 Å². The molecule has 94 valence electrons. The van der Waals surface area contributed by atoms with Gasteiger partial charge in [0, 0.05) is 0 Å². The third-order valence-electron chi connectivity index (χ3n) is 0.283. The van der Waals surface area contributed by atoms with Crippen LogP contribution in [0.25, 0.3) is 0 Å². The number of halogens is 3. The van der Waals surface area contributed by atoms with Crippen LogP contribution in [-0.2, 0) is 54.9 Å². The molecule has 0 aliphatic rings. The summed E-state index contributed by atoms with van der Waals surface area (Å²) in [6.07, 6.45) is 0. The monoisotopic (exact) mass is 425 g/mol. The van der Waals surface area contributed by atoms with Gasteiger partial charge in [-0.05, 0) is 0 Å². The van der Waals surface area contributed by atoms with Gasteiger partial charge in [-0.2, -0.15) is 13.2 Å². The summed E-state index contributed by atoms with van der Waals surface area (Å²) in [5, 5.41) is 14.8. The molecule has 0 heterocycles. The fraction of sp³-hybridized carbons (Fsp3) is 1.00. The van der Waals surface area contributed by atoms with E-state index in [0.717, 1.165) is 0 Å². The van der Waals surface area contributed by atoms with Crippen molar-refractivity contribution in [2.75, 3.05) is 0 Å². The van der Waals surface area contributed by atoms with Crippen molar-refractivity contribution < 1.29 is 76.0 Å². The van der Waals surface area contributed by atoms with Gasteiger partial charge in [-0.3, -0.25) is 0 Å². The maximum atomic E-state index is 10.7. The fourth-order valence-electron chi connectivity index (χ4n) is 0. The van der Waals surface area contributed by atoms with Gasteiger partial charge in [0.15, 0.2) is 10.1 Å². The Labute approximate surface area is 107 Å². The maximum absolute atomic E-state index is 10.7. The zero-order valence-corrected chi connectivity index (χ0v) is 9.32. The van der Waals surface area contributed by atoms with Gasteiger partial charge in [0.05, 0.1) is 5.09 Å². The quantitative estimate of drug-likeness (QED) is 0.174. The van der Waals surface area contributed by atoms with Crippen LogP contribution >= 0.6 is 0 Å². The van der Waals surface area contributed by atoms with Crippen LogP contribution in [0.4, 0.5) is 13.2 Å². The average Bonchev–Trinajstić information content (AvgIpc) is 1.55. The minimum atomic E-state index is -6.09. The van der Waals surface area contributed by atoms with Gasteiger partial charge in [-0.1, -0.05) is 0 Å². The third kappa shape index (κ3) is 18.2. The van der Waals surface area contributed by atoms with Crippen LogP contribution in [0.5, 0.6) is 0 Å². The molecule has 0 atom stereocenters. The summed E-state index contributed by atoms with van der Waals surface area (Å²) >= 11 is 0. The van der Waals surface area contributed by atoms with E-state index in [1.807, 2.05) is 0 Å². The van der Waals surface area contributed by atoms with E-state index in [0.29, 0.717) is 0 Å². The predicted molar refractivity (Wildman–Crippen MR) is 26.1 cm³/mol. The van der Waals surface area contributed by atoms with E-state index in [1.54, 1.807) is 0 Å². The van der Waals surface area contributed by atoms with Crippen LogP contribution < -0.4 is 0 Å². The zero-order valence-electron chi connectivity index (χ0n) is 5.54. The van der Waals surface area contributed by atoms with Crippen LogP contribution in [0.15, 0.2) is 0 Å². The number of nitrogens with zero attached hydrogens (tertiary/aromatic N) is 1. The summed E-state index contributed by atoms with van der Waals surface area (Å²) in [6.45, 7) is 0. The molecule has 0 aliphatic carbocycles. The topological polar surface area (TPSA) is 123 Å². The standard InChI is InChI=1S/CHF3O3S.2Ag.NO3/c2-1(3,4)8(5,6)7;;;2-1(3)4/h(H,5,6,7);;;/q;2*+1;-1/p-1. The normalized spacial score (nSPS) is 9.71. The molecule has 7 nitrogen and oxygen atoms in total. The summed E-state index contributed by atoms with van der Waals surface area (Å²) in [5.41, 5.74) is -5.65. The molecule has 0 N–H and O–H groups in total. The van der Waals surface area contributed by atoms with Crippen LogP contribution in [0.3, 0.4) is 0 Å². The van der Waals surface area contributed by atoms with Crippen LogP contribution in [0, 0.1) is 15.3 Å². The van der Waals surface area contributed by atoms with Crippen molar-refractivity contribution in [2.45, 2.75) is 5.51 Å². The Bertz CT molecular complexity index is 244. The molecule has 0 unspecified atom stereocenters. The van der Waals surface area contributed by atoms with Gasteiger partial charge in [-0.15, -0.1) is 0 Å². The molecule has 0 saturated carbocycles. The van der Waals surface area contributed by atoms with Crippen LogP contribution in [-0.4, -0.2) is 23.6 Å². The van der Waals surface area contributed by atoms with Crippen LogP contribution in [0.1, 0.15) is 0 Å². The first kappa shape index (κ1) is 23.9. The molecular weight excluding hydrogens is 427 g/mol. The third-order valence-corrected chi connectivity index (χ3v) is 0.850. The SMILES string of the molecule is O=S(=O)([O-])C(F)(F)F.O=[N+]([O-])[O-].[Ag+].[Ag+]. The Kier molecular flexibility index (Phi) is 14.8. The second-order valence-corrected chi connectivity index (χ2v) is 2.49. The smallest absolute Gasteiger partial charge is 0.741 e. The Morgan fingerprint density at radius 2 is 1.14 bits per heavy atom. The molecule has 0 aromatic rings. The van der Waals surface area contributed by atoms with Crippen molar-refractivity contribution in [2.24, 2.45) is 0 Å². The first-order chi connectivity index (χ1) is 4.98. The molecular formula is CAg2F3NO6S. The molecule has 0 aromatic carbocycles. The van der Waals surface area contributed by atoms with E-state index >= 15 is 0 Å². The summed E-state index contributed by atoms with van der Waals surface area (Å²) in [6, 6.07) is 0. The molecule has 0 rings (SSSR count). The Morgan fingerprint density at radius 3 is 1.14 bits per heavy atom. The number of hydrogen-bond acceptors (Lipinski definition) is 6. The first-order valence-electron chi connectivity index (χ1n) is 1.82. The van der Waals surface area contributed by atoms with Gasteiger partial charge in [0.25, 0.3) is 0 Å². The van der Waals surface area contributed by atoms with Gasteiger partial charge in [0.2, 0.25) is 0 Å². The van der Waals surface area contributed by atoms with E-state index in [1.165, 1.54) is 0 Å². The maximum Gasteiger partial charge on any atom is 1.00 e. The van der Waals surface area contributed by atoms with E-state index < -0.39 is 20.7 Å². The molecule has 0 radical (unpaired) electrons. The second kappa shape index (κ2) is 8.67. The zero-order chi connectivity index (χ0) is 10.6. The van der Waals surface area contributed by atoms with E-state index in [4.69, 9.17) is 28.3 Å². The van der Waals surface area contributed by atoms with E-state index in [-0.39, 0.29) is 44.8 Å². The molecule has 0 spiro atoms. The Balaban J connectivity index is -0.0000000733. The summed E-state index contributed by atoms with van der Waals surface area (Å²) in [4.78, 5) is 8.25. The molecule has 0 aliphatic heterocycles. The van der Waals surface area contributed by atoms with Gasteiger partial charge in [0.1, 0.15) is 0 Å². The van der Waals surface area contributed by atoms with Crippen molar-refractivity contribution in [3.8, 4) is 0 Å². The van der Waals surface area contributed by atoms with Crippen molar-refractivity contribution in [1.29, 1.82) is 0 Å². The van der Waals surface area contributed by atoms with Gasteiger partial charge >= 0.3 is 50.3 Å². The summed E-state index contributed by atoms with van der Waals surface area (Å²) in [5.74, 6) is 0. The van der Waals surface area contributed by atoms with Crippen molar-refractivity contribution in [3.63, 3.8) is 0 Å². The molecule has 0 fully saturated rings. The molecule has 13 heteroatoms. The van der Waals surface area contributed by atoms with Crippen molar-refractivity contribution >= 4 is 10.1 Å². The van der Waals surface area contributed by atoms with Gasteiger partial charge < -0.3 is 19.9 Å². The largest absolute Gasteiger partial charge is 1.00 e. The number of hydrogen-bond donors (Lipinski definition) is 0. The Hall–Kier alpha value is 0.381. The van der Waals surface area contributed by atoms with Crippen molar-refractivity contribution in [3.05, 3.63) is 15.3 Å². The molecule has 0 amide bonds. The first-order valence-corrected chi connectivity index (χ1v) is 3.23. The van der Waals surface area contributed by atoms with Crippen molar-refractivity contribution in [1.82, 2.24) is 0 Å².